The van der Waals surface area contributed by atoms with E-state index in [1.165, 1.54) is 35.2 Å². The number of halogens is 2. The van der Waals surface area contributed by atoms with Crippen molar-refractivity contribution in [1.82, 2.24) is 0 Å². The van der Waals surface area contributed by atoms with Crippen LogP contribution in [-0.2, 0) is 9.53 Å². The second-order valence-corrected chi connectivity index (χ2v) is 6.23. The second kappa shape index (κ2) is 7.66. The summed E-state index contributed by atoms with van der Waals surface area (Å²) in [5.74, 6) is -1.65. The first kappa shape index (κ1) is 18.1. The summed E-state index contributed by atoms with van der Waals surface area (Å²) in [5.41, 5.74) is 0.892. The van der Waals surface area contributed by atoms with E-state index in [2.05, 4.69) is 0 Å². The van der Waals surface area contributed by atoms with E-state index in [1.807, 2.05) is 0 Å². The van der Waals surface area contributed by atoms with Crippen LogP contribution in [0.3, 0.4) is 0 Å². The molecule has 2 aromatic carbocycles. The lowest BCUT2D eigenvalue weighted by molar-refractivity contribution is -0.117. The van der Waals surface area contributed by atoms with Crippen molar-refractivity contribution in [2.24, 2.45) is 0 Å². The van der Waals surface area contributed by atoms with Crippen LogP contribution in [0.2, 0.25) is 5.02 Å². The van der Waals surface area contributed by atoms with Crippen LogP contribution in [0.4, 0.5) is 10.1 Å². The maximum atomic E-state index is 12.9. The number of anilines is 1. The van der Waals surface area contributed by atoms with Crippen LogP contribution in [0, 0.1) is 5.82 Å². The first-order chi connectivity index (χ1) is 12.5. The zero-order valence-electron chi connectivity index (χ0n) is 13.7. The van der Waals surface area contributed by atoms with Gasteiger partial charge in [-0.3, -0.25) is 9.59 Å². The van der Waals surface area contributed by atoms with Crippen molar-refractivity contribution in [3.63, 3.8) is 0 Å². The average molecular weight is 376 g/mol. The molecule has 134 valence electrons. The number of hydrogen-bond donors (Lipinski definition) is 0. The minimum absolute atomic E-state index is 0.0519. The van der Waals surface area contributed by atoms with Gasteiger partial charge in [-0.15, -0.1) is 0 Å². The summed E-state index contributed by atoms with van der Waals surface area (Å²) in [6, 6.07) is 9.44. The number of amides is 1. The van der Waals surface area contributed by atoms with Crippen molar-refractivity contribution in [3.05, 3.63) is 64.4 Å². The minimum Gasteiger partial charge on any atom is -0.454 e. The van der Waals surface area contributed by atoms with Crippen molar-refractivity contribution < 1.29 is 23.5 Å². The van der Waals surface area contributed by atoms with Crippen molar-refractivity contribution in [3.8, 4) is 0 Å². The molecule has 1 amide bonds. The molecule has 1 saturated heterocycles. The number of hydrogen-bond acceptors (Lipinski definition) is 4. The van der Waals surface area contributed by atoms with E-state index >= 15 is 0 Å². The number of nitrogens with zero attached hydrogens (tertiary/aromatic N) is 1. The second-order valence-electron chi connectivity index (χ2n) is 5.82. The van der Waals surface area contributed by atoms with E-state index < -0.39 is 24.2 Å². The fourth-order valence-electron chi connectivity index (χ4n) is 2.68. The molecule has 1 heterocycles. The highest BCUT2D eigenvalue weighted by Crippen LogP contribution is 2.30. The highest BCUT2D eigenvalue weighted by atomic mass is 35.5. The number of Topliss-reactive ketones (excluding diaryl/α,β-unsaturated/α-hetero) is 1. The summed E-state index contributed by atoms with van der Waals surface area (Å²) in [7, 11) is 0. The summed E-state index contributed by atoms with van der Waals surface area (Å²) < 4.78 is 17.9. The summed E-state index contributed by atoms with van der Waals surface area (Å²) >= 11 is 6.14. The third-order valence-electron chi connectivity index (χ3n) is 4.05. The molecule has 0 aromatic heterocycles. The number of carbonyl (C=O) groups is 3. The molecule has 0 bridgehead atoms. The number of rotatable bonds is 5. The Morgan fingerprint density at radius 2 is 1.81 bits per heavy atom. The van der Waals surface area contributed by atoms with Crippen LogP contribution < -0.4 is 4.90 Å². The number of esters is 1. The summed E-state index contributed by atoms with van der Waals surface area (Å²) in [6.45, 7) is 0.0746. The highest BCUT2D eigenvalue weighted by Gasteiger charge is 2.24. The molecule has 3 rings (SSSR count). The lowest BCUT2D eigenvalue weighted by Gasteiger charge is -2.18. The van der Waals surface area contributed by atoms with Gasteiger partial charge in [0.1, 0.15) is 5.82 Å². The van der Waals surface area contributed by atoms with Gasteiger partial charge in [0.25, 0.3) is 0 Å². The molecule has 0 unspecified atom stereocenters. The molecule has 2 aromatic rings. The molecular formula is C19H15ClFNO4. The molecule has 0 atom stereocenters. The van der Waals surface area contributed by atoms with Crippen LogP contribution in [0.5, 0.6) is 0 Å². The third kappa shape index (κ3) is 3.91. The number of carbonyl (C=O) groups excluding carboxylic acids is 3. The van der Waals surface area contributed by atoms with Crippen LogP contribution in [-0.4, -0.2) is 30.8 Å². The fourth-order valence-corrected chi connectivity index (χ4v) is 2.90. The molecule has 5 nitrogen and oxygen atoms in total. The fraction of sp³-hybridized carbons (Fsp3) is 0.211. The summed E-state index contributed by atoms with van der Waals surface area (Å²) in [4.78, 5) is 37.6. The van der Waals surface area contributed by atoms with E-state index in [1.54, 1.807) is 0 Å². The SMILES string of the molecule is O=C(COC(=O)c1ccc(Cl)c(N2CCCC2=O)c1)c1ccc(F)cc1. The van der Waals surface area contributed by atoms with Crippen molar-refractivity contribution in [1.29, 1.82) is 0 Å². The van der Waals surface area contributed by atoms with Gasteiger partial charge in [0.05, 0.1) is 16.3 Å². The lowest BCUT2D eigenvalue weighted by Crippen LogP contribution is -2.24. The van der Waals surface area contributed by atoms with Gasteiger partial charge in [0.15, 0.2) is 12.4 Å². The largest absolute Gasteiger partial charge is 0.454 e. The Bertz CT molecular complexity index is 866. The topological polar surface area (TPSA) is 63.7 Å². The Balaban J connectivity index is 1.69. The van der Waals surface area contributed by atoms with Gasteiger partial charge in [-0.2, -0.15) is 0 Å². The van der Waals surface area contributed by atoms with Crippen molar-refractivity contribution >= 4 is 34.9 Å². The average Bonchev–Trinajstić information content (AvgIpc) is 3.06. The van der Waals surface area contributed by atoms with E-state index in [4.69, 9.17) is 16.3 Å². The van der Waals surface area contributed by atoms with Gasteiger partial charge in [-0.1, -0.05) is 11.6 Å². The smallest absolute Gasteiger partial charge is 0.338 e. The molecule has 0 radical (unpaired) electrons. The maximum Gasteiger partial charge on any atom is 0.338 e. The van der Waals surface area contributed by atoms with Crippen LogP contribution in [0.15, 0.2) is 42.5 Å². The molecule has 26 heavy (non-hydrogen) atoms. The molecular weight excluding hydrogens is 361 g/mol. The molecule has 0 aliphatic carbocycles. The quantitative estimate of drug-likeness (QED) is 0.591. The van der Waals surface area contributed by atoms with E-state index in [0.717, 1.165) is 18.6 Å². The molecule has 1 aliphatic heterocycles. The molecule has 0 spiro atoms. The Kier molecular flexibility index (Phi) is 5.32. The van der Waals surface area contributed by atoms with Gasteiger partial charge in [0.2, 0.25) is 5.91 Å². The van der Waals surface area contributed by atoms with Gasteiger partial charge < -0.3 is 9.64 Å². The zero-order valence-corrected chi connectivity index (χ0v) is 14.5. The monoisotopic (exact) mass is 375 g/mol. The molecule has 7 heteroatoms. The molecule has 0 saturated carbocycles. The van der Waals surface area contributed by atoms with Crippen LogP contribution >= 0.6 is 11.6 Å². The maximum absolute atomic E-state index is 12.9. The normalized spacial score (nSPS) is 13.8. The predicted octanol–water partition coefficient (Wildman–Crippen LogP) is 3.65. The minimum atomic E-state index is -0.704. The van der Waals surface area contributed by atoms with E-state index in [0.29, 0.717) is 23.7 Å². The summed E-state index contributed by atoms with van der Waals surface area (Å²) in [6.07, 6.45) is 1.17. The van der Waals surface area contributed by atoms with Crippen LogP contribution in [0.25, 0.3) is 0 Å². The first-order valence-electron chi connectivity index (χ1n) is 8.01. The van der Waals surface area contributed by atoms with Gasteiger partial charge >= 0.3 is 5.97 Å². The number of benzene rings is 2. The Labute approximate surface area is 154 Å². The zero-order chi connectivity index (χ0) is 18.7. The Morgan fingerprint density at radius 1 is 1.12 bits per heavy atom. The van der Waals surface area contributed by atoms with E-state index in [-0.39, 0.29) is 17.0 Å². The van der Waals surface area contributed by atoms with Gasteiger partial charge in [-0.05, 0) is 48.9 Å². The van der Waals surface area contributed by atoms with Gasteiger partial charge in [-0.25, -0.2) is 9.18 Å². The van der Waals surface area contributed by atoms with Crippen molar-refractivity contribution in [2.45, 2.75) is 12.8 Å². The van der Waals surface area contributed by atoms with Gasteiger partial charge in [0, 0.05) is 18.5 Å². The predicted molar refractivity (Wildman–Crippen MR) is 94.1 cm³/mol. The lowest BCUT2D eigenvalue weighted by atomic mass is 10.1. The third-order valence-corrected chi connectivity index (χ3v) is 4.37. The Hall–Kier alpha value is -2.73. The molecule has 0 N–H and O–H groups in total. The first-order valence-corrected chi connectivity index (χ1v) is 8.39. The summed E-state index contributed by atoms with van der Waals surface area (Å²) in [5, 5.41) is 0.360. The van der Waals surface area contributed by atoms with Crippen molar-refractivity contribution in [2.75, 3.05) is 18.1 Å². The number of ketones is 1. The Morgan fingerprint density at radius 3 is 2.46 bits per heavy atom. The van der Waals surface area contributed by atoms with E-state index in [9.17, 15) is 18.8 Å². The standard InChI is InChI=1S/C19H15ClFNO4/c20-15-8-5-13(10-16(15)22-9-1-2-18(22)24)19(25)26-11-17(23)12-3-6-14(21)7-4-12/h3-8,10H,1-2,9,11H2. The highest BCUT2D eigenvalue weighted by molar-refractivity contribution is 6.34. The molecule has 1 fully saturated rings. The van der Waals surface area contributed by atoms with Crippen LogP contribution in [0.1, 0.15) is 33.6 Å². The number of ether oxygens (including phenoxy) is 1. The molecule has 1 aliphatic rings.